The first-order valence-electron chi connectivity index (χ1n) is 7.58. The molecule has 0 spiro atoms. The summed E-state index contributed by atoms with van der Waals surface area (Å²) in [5.74, 6) is -0.286. The minimum absolute atomic E-state index is 0. The SMILES string of the molecule is CNC(C)CNC(=O)c1cccc(S(=O)(=O)N2CCOCC2)c1.Cl. The average molecular weight is 378 g/mol. The smallest absolute Gasteiger partial charge is 0.251 e. The van der Waals surface area contributed by atoms with Crippen LogP contribution in [0.2, 0.25) is 0 Å². The summed E-state index contributed by atoms with van der Waals surface area (Å²) in [5, 5.41) is 5.80. The van der Waals surface area contributed by atoms with Gasteiger partial charge in [-0.3, -0.25) is 4.79 Å². The molecule has 9 heteroatoms. The fourth-order valence-electron chi connectivity index (χ4n) is 2.18. The van der Waals surface area contributed by atoms with Crippen LogP contribution in [-0.2, 0) is 14.8 Å². The first-order chi connectivity index (χ1) is 10.9. The quantitative estimate of drug-likeness (QED) is 0.752. The molecule has 0 saturated carbocycles. The lowest BCUT2D eigenvalue weighted by Crippen LogP contribution is -2.40. The third-order valence-corrected chi connectivity index (χ3v) is 5.66. The molecule has 0 bridgehead atoms. The lowest BCUT2D eigenvalue weighted by molar-refractivity contribution is 0.0730. The van der Waals surface area contributed by atoms with E-state index in [1.54, 1.807) is 12.1 Å². The highest BCUT2D eigenvalue weighted by atomic mass is 35.5. The molecule has 1 aliphatic rings. The summed E-state index contributed by atoms with van der Waals surface area (Å²) in [4.78, 5) is 12.3. The van der Waals surface area contributed by atoms with E-state index in [4.69, 9.17) is 4.74 Å². The maximum atomic E-state index is 12.6. The van der Waals surface area contributed by atoms with Crippen LogP contribution in [0.1, 0.15) is 17.3 Å². The molecule has 1 saturated heterocycles. The molecule has 1 aromatic carbocycles. The van der Waals surface area contributed by atoms with Gasteiger partial charge >= 0.3 is 0 Å². The molecule has 0 aliphatic carbocycles. The summed E-state index contributed by atoms with van der Waals surface area (Å²) in [6.07, 6.45) is 0. The van der Waals surface area contributed by atoms with Crippen molar-refractivity contribution in [2.24, 2.45) is 0 Å². The minimum atomic E-state index is -3.59. The largest absolute Gasteiger partial charge is 0.379 e. The Bertz CT molecular complexity index is 648. The monoisotopic (exact) mass is 377 g/mol. The van der Waals surface area contributed by atoms with Gasteiger partial charge in [-0.1, -0.05) is 6.07 Å². The Morgan fingerprint density at radius 2 is 2.00 bits per heavy atom. The van der Waals surface area contributed by atoms with Crippen molar-refractivity contribution in [1.29, 1.82) is 0 Å². The molecule has 136 valence electrons. The Balaban J connectivity index is 0.00000288. The maximum Gasteiger partial charge on any atom is 0.251 e. The zero-order valence-electron chi connectivity index (χ0n) is 13.8. The van der Waals surface area contributed by atoms with Crippen molar-refractivity contribution in [3.05, 3.63) is 29.8 Å². The van der Waals surface area contributed by atoms with Crippen molar-refractivity contribution >= 4 is 28.3 Å². The van der Waals surface area contributed by atoms with E-state index in [1.165, 1.54) is 16.4 Å². The van der Waals surface area contributed by atoms with Gasteiger partial charge in [-0.2, -0.15) is 4.31 Å². The molecule has 1 aliphatic heterocycles. The minimum Gasteiger partial charge on any atom is -0.379 e. The van der Waals surface area contributed by atoms with Crippen LogP contribution in [0.15, 0.2) is 29.2 Å². The van der Waals surface area contributed by atoms with Crippen LogP contribution in [0.3, 0.4) is 0 Å². The lowest BCUT2D eigenvalue weighted by atomic mass is 10.2. The van der Waals surface area contributed by atoms with Crippen LogP contribution < -0.4 is 10.6 Å². The first-order valence-corrected chi connectivity index (χ1v) is 9.02. The Morgan fingerprint density at radius 3 is 2.62 bits per heavy atom. The number of rotatable bonds is 6. The number of likely N-dealkylation sites (N-methyl/N-ethyl adjacent to an activating group) is 1. The highest BCUT2D eigenvalue weighted by molar-refractivity contribution is 7.89. The summed E-state index contributed by atoms with van der Waals surface area (Å²) < 4.78 is 31.8. The van der Waals surface area contributed by atoms with Gasteiger partial charge in [-0.25, -0.2) is 8.42 Å². The van der Waals surface area contributed by atoms with Gasteiger partial charge in [0.25, 0.3) is 5.91 Å². The summed E-state index contributed by atoms with van der Waals surface area (Å²) in [6.45, 7) is 3.86. The Labute approximate surface area is 149 Å². The predicted molar refractivity (Wildman–Crippen MR) is 94.1 cm³/mol. The van der Waals surface area contributed by atoms with Gasteiger partial charge in [0.2, 0.25) is 10.0 Å². The first kappa shape index (κ1) is 20.9. The van der Waals surface area contributed by atoms with Crippen molar-refractivity contribution in [2.75, 3.05) is 39.9 Å². The number of nitrogens with one attached hydrogen (secondary N) is 2. The number of nitrogens with zero attached hydrogens (tertiary/aromatic N) is 1. The molecule has 0 radical (unpaired) electrons. The van der Waals surface area contributed by atoms with Crippen LogP contribution in [-0.4, -0.2) is 64.6 Å². The molecule has 1 aromatic rings. The van der Waals surface area contributed by atoms with Gasteiger partial charge in [0.1, 0.15) is 0 Å². The van der Waals surface area contributed by atoms with Crippen LogP contribution >= 0.6 is 12.4 Å². The van der Waals surface area contributed by atoms with E-state index in [-0.39, 0.29) is 29.3 Å². The van der Waals surface area contributed by atoms with Crippen LogP contribution in [0.5, 0.6) is 0 Å². The van der Waals surface area contributed by atoms with Crippen molar-refractivity contribution in [3.63, 3.8) is 0 Å². The molecule has 1 heterocycles. The number of amides is 1. The highest BCUT2D eigenvalue weighted by Crippen LogP contribution is 2.18. The molecule has 1 amide bonds. The number of sulfonamides is 1. The van der Waals surface area contributed by atoms with Crippen LogP contribution in [0.4, 0.5) is 0 Å². The molecule has 2 N–H and O–H groups in total. The number of hydrogen-bond donors (Lipinski definition) is 2. The Kier molecular flexibility index (Phi) is 8.11. The van der Waals surface area contributed by atoms with Gasteiger partial charge in [-0.05, 0) is 32.2 Å². The Morgan fingerprint density at radius 1 is 1.33 bits per heavy atom. The van der Waals surface area contributed by atoms with Crippen molar-refractivity contribution in [1.82, 2.24) is 14.9 Å². The molecule has 24 heavy (non-hydrogen) atoms. The average Bonchev–Trinajstić information content (AvgIpc) is 2.60. The molecule has 1 atom stereocenters. The summed E-state index contributed by atoms with van der Waals surface area (Å²) in [5.41, 5.74) is 0.336. The molecular formula is C15H24ClN3O4S. The van der Waals surface area contributed by atoms with E-state index in [9.17, 15) is 13.2 Å². The predicted octanol–water partition coefficient (Wildman–Crippen LogP) is 0.467. The van der Waals surface area contributed by atoms with Gasteiger partial charge in [0.15, 0.2) is 0 Å². The molecule has 7 nitrogen and oxygen atoms in total. The van der Waals surface area contributed by atoms with E-state index in [2.05, 4.69) is 10.6 Å². The third kappa shape index (κ3) is 5.15. The molecule has 0 aromatic heterocycles. The molecule has 2 rings (SSSR count). The van der Waals surface area contributed by atoms with E-state index in [0.717, 1.165) is 0 Å². The second kappa shape index (κ2) is 9.33. The van der Waals surface area contributed by atoms with Crippen LogP contribution in [0.25, 0.3) is 0 Å². The maximum absolute atomic E-state index is 12.6. The number of carbonyl (C=O) groups is 1. The normalized spacial score (nSPS) is 16.9. The standard InChI is InChI=1S/C15H23N3O4S.ClH/c1-12(16-2)11-17-15(19)13-4-3-5-14(10-13)23(20,21)18-6-8-22-9-7-18;/h3-5,10,12,16H,6-9,11H2,1-2H3,(H,17,19);1H. The van der Waals surface area contributed by atoms with E-state index >= 15 is 0 Å². The fraction of sp³-hybridized carbons (Fsp3) is 0.533. The van der Waals surface area contributed by atoms with Crippen molar-refractivity contribution in [3.8, 4) is 0 Å². The van der Waals surface area contributed by atoms with E-state index < -0.39 is 10.0 Å². The van der Waals surface area contributed by atoms with Gasteiger partial charge in [-0.15, -0.1) is 12.4 Å². The van der Waals surface area contributed by atoms with Crippen LogP contribution in [0, 0.1) is 0 Å². The lowest BCUT2D eigenvalue weighted by Gasteiger charge is -2.26. The second-order valence-corrected chi connectivity index (χ2v) is 7.38. The van der Waals surface area contributed by atoms with E-state index in [1.807, 2.05) is 14.0 Å². The number of morpholine rings is 1. The summed E-state index contributed by atoms with van der Waals surface area (Å²) in [6, 6.07) is 6.27. The zero-order chi connectivity index (χ0) is 16.9. The molecule has 1 fully saturated rings. The van der Waals surface area contributed by atoms with Gasteiger partial charge < -0.3 is 15.4 Å². The third-order valence-electron chi connectivity index (χ3n) is 3.77. The zero-order valence-corrected chi connectivity index (χ0v) is 15.5. The Hall–Kier alpha value is -1.19. The number of benzene rings is 1. The van der Waals surface area contributed by atoms with E-state index in [0.29, 0.717) is 38.4 Å². The van der Waals surface area contributed by atoms with Crippen molar-refractivity contribution < 1.29 is 17.9 Å². The molecular weight excluding hydrogens is 354 g/mol. The van der Waals surface area contributed by atoms with Gasteiger partial charge in [0.05, 0.1) is 18.1 Å². The summed E-state index contributed by atoms with van der Waals surface area (Å²) >= 11 is 0. The second-order valence-electron chi connectivity index (χ2n) is 5.44. The molecule has 1 unspecified atom stereocenters. The van der Waals surface area contributed by atoms with Gasteiger partial charge in [0, 0.05) is 31.2 Å². The topological polar surface area (TPSA) is 87.7 Å². The fourth-order valence-corrected chi connectivity index (χ4v) is 3.64. The number of carbonyl (C=O) groups excluding carboxylic acids is 1. The number of ether oxygens (including phenoxy) is 1. The number of hydrogen-bond acceptors (Lipinski definition) is 5. The summed E-state index contributed by atoms with van der Waals surface area (Å²) in [7, 11) is -1.78. The number of halogens is 1. The van der Waals surface area contributed by atoms with Crippen molar-refractivity contribution in [2.45, 2.75) is 17.9 Å². The highest BCUT2D eigenvalue weighted by Gasteiger charge is 2.26.